The number of benzene rings is 2. The first kappa shape index (κ1) is 14.6. The summed E-state index contributed by atoms with van der Waals surface area (Å²) >= 11 is 0. The van der Waals surface area contributed by atoms with Crippen LogP contribution in [0.15, 0.2) is 66.7 Å². The van der Waals surface area contributed by atoms with Crippen molar-refractivity contribution < 1.29 is 9.59 Å². The zero-order valence-electron chi connectivity index (χ0n) is 13.1. The Bertz CT molecular complexity index is 921. The molecule has 4 heteroatoms. The van der Waals surface area contributed by atoms with Gasteiger partial charge in [0.1, 0.15) is 5.82 Å². The van der Waals surface area contributed by atoms with Gasteiger partial charge in [-0.05, 0) is 30.2 Å². The second-order valence-electron chi connectivity index (χ2n) is 6.02. The molecule has 1 fully saturated rings. The molecule has 3 aromatic rings. The molecule has 24 heavy (non-hydrogen) atoms. The summed E-state index contributed by atoms with van der Waals surface area (Å²) in [5, 5.41) is 0.987. The van der Waals surface area contributed by atoms with Crippen LogP contribution in [-0.2, 0) is 16.0 Å². The van der Waals surface area contributed by atoms with E-state index >= 15 is 0 Å². The lowest BCUT2D eigenvalue weighted by Gasteiger charge is -2.14. The molecule has 1 aliphatic rings. The third kappa shape index (κ3) is 2.56. The summed E-state index contributed by atoms with van der Waals surface area (Å²) in [7, 11) is 0. The number of hydrogen-bond donors (Lipinski definition) is 0. The lowest BCUT2D eigenvalue weighted by molar-refractivity contribution is -0.122. The SMILES string of the molecule is O=C1C[C@@H](Cc2ccccc2)C(=O)N1c1ccc2ccccc2n1. The summed E-state index contributed by atoms with van der Waals surface area (Å²) in [6, 6.07) is 21.1. The molecule has 0 radical (unpaired) electrons. The Balaban J connectivity index is 1.63. The first-order chi connectivity index (χ1) is 11.7. The molecule has 0 unspecified atom stereocenters. The van der Waals surface area contributed by atoms with E-state index in [4.69, 9.17) is 0 Å². The van der Waals surface area contributed by atoms with Crippen molar-refractivity contribution in [2.75, 3.05) is 4.90 Å². The van der Waals surface area contributed by atoms with Crippen molar-refractivity contribution in [2.45, 2.75) is 12.8 Å². The fraction of sp³-hybridized carbons (Fsp3) is 0.150. The first-order valence-electron chi connectivity index (χ1n) is 7.99. The zero-order valence-corrected chi connectivity index (χ0v) is 13.1. The van der Waals surface area contributed by atoms with E-state index in [1.165, 1.54) is 4.90 Å². The number of rotatable bonds is 3. The Morgan fingerprint density at radius 3 is 2.50 bits per heavy atom. The number of pyridine rings is 1. The monoisotopic (exact) mass is 316 g/mol. The lowest BCUT2D eigenvalue weighted by Crippen LogP contribution is -2.31. The predicted molar refractivity (Wildman–Crippen MR) is 92.5 cm³/mol. The van der Waals surface area contributed by atoms with Crippen LogP contribution in [0.3, 0.4) is 0 Å². The number of carbonyl (C=O) groups is 2. The minimum Gasteiger partial charge on any atom is -0.274 e. The molecular formula is C20H16N2O2. The molecule has 1 aromatic heterocycles. The van der Waals surface area contributed by atoms with Gasteiger partial charge in [0.25, 0.3) is 0 Å². The van der Waals surface area contributed by atoms with E-state index < -0.39 is 0 Å². The van der Waals surface area contributed by atoms with Crippen LogP contribution in [-0.4, -0.2) is 16.8 Å². The first-order valence-corrected chi connectivity index (χ1v) is 7.99. The molecule has 0 bridgehead atoms. The topological polar surface area (TPSA) is 50.3 Å². The molecule has 0 saturated carbocycles. The smallest absolute Gasteiger partial charge is 0.238 e. The fourth-order valence-electron chi connectivity index (χ4n) is 3.17. The van der Waals surface area contributed by atoms with Crippen molar-refractivity contribution in [3.63, 3.8) is 0 Å². The second kappa shape index (κ2) is 5.89. The van der Waals surface area contributed by atoms with Crippen LogP contribution in [0, 0.1) is 5.92 Å². The Kier molecular flexibility index (Phi) is 3.58. The van der Waals surface area contributed by atoms with Crippen LogP contribution in [0.4, 0.5) is 5.82 Å². The summed E-state index contributed by atoms with van der Waals surface area (Å²) < 4.78 is 0. The van der Waals surface area contributed by atoms with Gasteiger partial charge in [-0.25, -0.2) is 9.88 Å². The van der Waals surface area contributed by atoms with Gasteiger partial charge < -0.3 is 0 Å². The molecule has 0 N–H and O–H groups in total. The predicted octanol–water partition coefficient (Wildman–Crippen LogP) is 3.36. The number of anilines is 1. The van der Waals surface area contributed by atoms with E-state index in [0.717, 1.165) is 16.5 Å². The number of imide groups is 1. The van der Waals surface area contributed by atoms with Gasteiger partial charge >= 0.3 is 0 Å². The van der Waals surface area contributed by atoms with E-state index in [0.29, 0.717) is 12.2 Å². The van der Waals surface area contributed by atoms with Crippen LogP contribution in [0.5, 0.6) is 0 Å². The summed E-state index contributed by atoms with van der Waals surface area (Å²) in [5.41, 5.74) is 1.85. The average Bonchev–Trinajstić information content (AvgIpc) is 2.89. The van der Waals surface area contributed by atoms with Crippen molar-refractivity contribution in [1.29, 1.82) is 0 Å². The van der Waals surface area contributed by atoms with Crippen molar-refractivity contribution in [1.82, 2.24) is 4.98 Å². The zero-order chi connectivity index (χ0) is 16.5. The van der Waals surface area contributed by atoms with E-state index in [1.54, 1.807) is 6.07 Å². The molecule has 1 atom stereocenters. The Morgan fingerprint density at radius 1 is 0.917 bits per heavy atom. The van der Waals surface area contributed by atoms with Crippen molar-refractivity contribution in [3.8, 4) is 0 Å². The fourth-order valence-corrected chi connectivity index (χ4v) is 3.17. The molecule has 2 amide bonds. The third-order valence-electron chi connectivity index (χ3n) is 4.38. The largest absolute Gasteiger partial charge is 0.274 e. The van der Waals surface area contributed by atoms with Crippen molar-refractivity contribution >= 4 is 28.5 Å². The minimum absolute atomic E-state index is 0.161. The molecule has 0 spiro atoms. The molecule has 4 nitrogen and oxygen atoms in total. The summed E-state index contributed by atoms with van der Waals surface area (Å²) in [5.74, 6) is -0.234. The van der Waals surface area contributed by atoms with Gasteiger partial charge in [-0.15, -0.1) is 0 Å². The van der Waals surface area contributed by atoms with Gasteiger partial charge in [0.15, 0.2) is 0 Å². The highest BCUT2D eigenvalue weighted by Crippen LogP contribution is 2.28. The summed E-state index contributed by atoms with van der Waals surface area (Å²) in [4.78, 5) is 30.8. The van der Waals surface area contributed by atoms with Gasteiger partial charge in [0.2, 0.25) is 11.8 Å². The van der Waals surface area contributed by atoms with Gasteiger partial charge in [0.05, 0.1) is 11.4 Å². The Hall–Kier alpha value is -3.01. The van der Waals surface area contributed by atoms with Crippen LogP contribution >= 0.6 is 0 Å². The number of fused-ring (bicyclic) bond motifs is 1. The maximum atomic E-state index is 12.7. The van der Waals surface area contributed by atoms with Crippen LogP contribution in [0.2, 0.25) is 0 Å². The van der Waals surface area contributed by atoms with Crippen molar-refractivity contribution in [2.24, 2.45) is 5.92 Å². The third-order valence-corrected chi connectivity index (χ3v) is 4.38. The number of amides is 2. The molecular weight excluding hydrogens is 300 g/mol. The van der Waals surface area contributed by atoms with Gasteiger partial charge in [-0.2, -0.15) is 0 Å². The molecule has 118 valence electrons. The normalized spacial score (nSPS) is 17.7. The second-order valence-corrected chi connectivity index (χ2v) is 6.02. The van der Waals surface area contributed by atoms with Crippen LogP contribution < -0.4 is 4.90 Å². The maximum Gasteiger partial charge on any atom is 0.238 e. The molecule has 1 saturated heterocycles. The number of nitrogens with zero attached hydrogens (tertiary/aromatic N) is 2. The molecule has 1 aliphatic heterocycles. The van der Waals surface area contributed by atoms with E-state index in [-0.39, 0.29) is 24.2 Å². The van der Waals surface area contributed by atoms with Gasteiger partial charge in [0, 0.05) is 11.8 Å². The maximum absolute atomic E-state index is 12.7. The average molecular weight is 316 g/mol. The number of hydrogen-bond acceptors (Lipinski definition) is 3. The van der Waals surface area contributed by atoms with Crippen LogP contribution in [0.25, 0.3) is 10.9 Å². The quantitative estimate of drug-likeness (QED) is 0.696. The minimum atomic E-state index is -0.312. The van der Waals surface area contributed by atoms with E-state index in [2.05, 4.69) is 4.98 Å². The van der Waals surface area contributed by atoms with Gasteiger partial charge in [-0.1, -0.05) is 48.5 Å². The summed E-state index contributed by atoms with van der Waals surface area (Å²) in [6.45, 7) is 0. The highest BCUT2D eigenvalue weighted by molar-refractivity contribution is 6.20. The molecule has 2 aromatic carbocycles. The van der Waals surface area contributed by atoms with Crippen molar-refractivity contribution in [3.05, 3.63) is 72.3 Å². The Labute approximate surface area is 139 Å². The van der Waals surface area contributed by atoms with E-state index in [9.17, 15) is 9.59 Å². The highest BCUT2D eigenvalue weighted by Gasteiger charge is 2.40. The number of carbonyl (C=O) groups excluding carboxylic acids is 2. The Morgan fingerprint density at radius 2 is 1.67 bits per heavy atom. The highest BCUT2D eigenvalue weighted by atomic mass is 16.2. The molecule has 0 aliphatic carbocycles. The van der Waals surface area contributed by atoms with Crippen LogP contribution in [0.1, 0.15) is 12.0 Å². The van der Waals surface area contributed by atoms with Gasteiger partial charge in [-0.3, -0.25) is 9.59 Å². The standard InChI is InChI=1S/C20H16N2O2/c23-19-13-16(12-14-6-2-1-3-7-14)20(24)22(19)18-11-10-15-8-4-5-9-17(15)21-18/h1-11,16H,12-13H2/t16-/m1/s1. The van der Waals surface area contributed by atoms with E-state index in [1.807, 2.05) is 60.7 Å². The molecule has 2 heterocycles. The number of para-hydroxylation sites is 1. The number of aromatic nitrogens is 1. The molecule has 4 rings (SSSR count). The lowest BCUT2D eigenvalue weighted by atomic mass is 9.98. The summed E-state index contributed by atoms with van der Waals surface area (Å²) in [6.07, 6.45) is 0.817.